The van der Waals surface area contributed by atoms with Crippen molar-refractivity contribution in [3.8, 4) is 0 Å². The Balaban J connectivity index is 1.16. The summed E-state index contributed by atoms with van der Waals surface area (Å²) in [5, 5.41) is 13.3. The lowest BCUT2D eigenvalue weighted by molar-refractivity contribution is 0.236. The normalized spacial score (nSPS) is 15.4. The smallest absolute Gasteiger partial charge is 0.0211 e. The van der Waals surface area contributed by atoms with Crippen molar-refractivity contribution in [2.75, 3.05) is 52.4 Å². The molecule has 27 heavy (non-hydrogen) atoms. The topological polar surface area (TPSA) is 39.3 Å². The lowest BCUT2D eigenvalue weighted by Crippen LogP contribution is -2.43. The number of hydrogen-bond acceptors (Lipinski definition) is 4. The summed E-state index contributed by atoms with van der Waals surface area (Å²) in [5.74, 6) is 0. The van der Waals surface area contributed by atoms with E-state index in [0.29, 0.717) is 0 Å². The highest BCUT2D eigenvalue weighted by Crippen LogP contribution is 2.18. The minimum Gasteiger partial charge on any atom is -0.317 e. The fourth-order valence-corrected chi connectivity index (χ4v) is 3.81. The molecule has 1 aliphatic rings. The number of nitrogens with one attached hydrogen (secondary N) is 3. The highest BCUT2D eigenvalue weighted by molar-refractivity contribution is 5.85. The largest absolute Gasteiger partial charge is 0.317 e. The lowest BCUT2D eigenvalue weighted by Gasteiger charge is -2.27. The van der Waals surface area contributed by atoms with Crippen LogP contribution < -0.4 is 16.0 Å². The van der Waals surface area contributed by atoms with E-state index < -0.39 is 0 Å². The molecule has 0 spiro atoms. The molecule has 0 bridgehead atoms. The molecule has 2 aromatic rings. The van der Waals surface area contributed by atoms with E-state index in [1.165, 1.54) is 61.7 Å². The van der Waals surface area contributed by atoms with Crippen LogP contribution in [0.2, 0.25) is 0 Å². The lowest BCUT2D eigenvalue weighted by atomic mass is 10.0. The molecule has 1 saturated heterocycles. The zero-order valence-electron chi connectivity index (χ0n) is 16.7. The third-order valence-electron chi connectivity index (χ3n) is 5.44. The molecule has 1 aliphatic heterocycles. The minimum atomic E-state index is 0.959. The maximum absolute atomic E-state index is 3.60. The average Bonchev–Trinajstić information content (AvgIpc) is 2.73. The van der Waals surface area contributed by atoms with Crippen LogP contribution in [0.25, 0.3) is 10.8 Å². The minimum absolute atomic E-state index is 0.959. The molecule has 0 aliphatic carbocycles. The Morgan fingerprint density at radius 3 is 2.33 bits per heavy atom. The second-order valence-electron chi connectivity index (χ2n) is 7.57. The Labute approximate surface area is 164 Å². The Morgan fingerprint density at radius 1 is 0.778 bits per heavy atom. The van der Waals surface area contributed by atoms with E-state index in [1.807, 2.05) is 0 Å². The number of nitrogens with zero attached hydrogens (tertiary/aromatic N) is 1. The molecule has 148 valence electrons. The summed E-state index contributed by atoms with van der Waals surface area (Å²) in [4.78, 5) is 2.58. The van der Waals surface area contributed by atoms with Crippen LogP contribution in [0.4, 0.5) is 0 Å². The van der Waals surface area contributed by atoms with Crippen molar-refractivity contribution in [3.05, 3.63) is 48.0 Å². The van der Waals surface area contributed by atoms with Crippen molar-refractivity contribution in [1.29, 1.82) is 0 Å². The summed E-state index contributed by atoms with van der Waals surface area (Å²) in [6.45, 7) is 10.4. The molecule has 0 aromatic heterocycles. The number of rotatable bonds is 12. The van der Waals surface area contributed by atoms with Gasteiger partial charge in [-0.05, 0) is 68.2 Å². The number of piperazine rings is 1. The van der Waals surface area contributed by atoms with Gasteiger partial charge in [0, 0.05) is 32.7 Å². The van der Waals surface area contributed by atoms with E-state index in [-0.39, 0.29) is 0 Å². The van der Waals surface area contributed by atoms with E-state index in [1.54, 1.807) is 0 Å². The molecule has 0 radical (unpaired) electrons. The third-order valence-corrected chi connectivity index (χ3v) is 5.44. The van der Waals surface area contributed by atoms with Gasteiger partial charge in [-0.25, -0.2) is 0 Å². The van der Waals surface area contributed by atoms with Gasteiger partial charge in [0.2, 0.25) is 0 Å². The summed E-state index contributed by atoms with van der Waals surface area (Å²) in [6.07, 6.45) is 5.10. The van der Waals surface area contributed by atoms with Crippen molar-refractivity contribution >= 4 is 10.8 Å². The number of fused-ring (bicyclic) bond motifs is 1. The molecule has 0 atom stereocenters. The average molecular weight is 369 g/mol. The van der Waals surface area contributed by atoms with Crippen molar-refractivity contribution in [2.45, 2.75) is 32.2 Å². The van der Waals surface area contributed by atoms with E-state index in [9.17, 15) is 0 Å². The van der Waals surface area contributed by atoms with E-state index in [4.69, 9.17) is 0 Å². The standard InChI is InChI=1S/C23H36N4/c1-2-11-23-21(8-1)9-7-10-22(23)20-26-14-4-3-12-24-13-5-6-17-27-18-15-25-16-19-27/h1-2,7-11,24-26H,3-6,12-20H2. The van der Waals surface area contributed by atoms with Crippen LogP contribution in [0.15, 0.2) is 42.5 Å². The second kappa shape index (κ2) is 12.1. The molecule has 4 heteroatoms. The molecule has 0 unspecified atom stereocenters. The maximum atomic E-state index is 3.60. The second-order valence-corrected chi connectivity index (χ2v) is 7.57. The molecule has 1 fully saturated rings. The van der Waals surface area contributed by atoms with Crippen LogP contribution in [0.3, 0.4) is 0 Å². The van der Waals surface area contributed by atoms with E-state index >= 15 is 0 Å². The van der Waals surface area contributed by atoms with Crippen molar-refractivity contribution in [3.63, 3.8) is 0 Å². The van der Waals surface area contributed by atoms with Crippen LogP contribution in [0, 0.1) is 0 Å². The summed E-state index contributed by atoms with van der Waals surface area (Å²) in [7, 11) is 0. The van der Waals surface area contributed by atoms with Gasteiger partial charge < -0.3 is 20.9 Å². The number of unbranched alkanes of at least 4 members (excludes halogenated alkanes) is 2. The molecule has 0 amide bonds. The monoisotopic (exact) mass is 368 g/mol. The predicted molar refractivity (Wildman–Crippen MR) is 116 cm³/mol. The van der Waals surface area contributed by atoms with Gasteiger partial charge in [-0.3, -0.25) is 0 Å². The fourth-order valence-electron chi connectivity index (χ4n) is 3.81. The first-order chi connectivity index (χ1) is 13.4. The van der Waals surface area contributed by atoms with E-state index in [0.717, 1.165) is 39.3 Å². The summed E-state index contributed by atoms with van der Waals surface area (Å²) in [6, 6.07) is 15.2. The van der Waals surface area contributed by atoms with Crippen molar-refractivity contribution < 1.29 is 0 Å². The number of benzene rings is 2. The molecule has 1 heterocycles. The van der Waals surface area contributed by atoms with Gasteiger partial charge in [0.1, 0.15) is 0 Å². The Kier molecular flexibility index (Phi) is 9.08. The third kappa shape index (κ3) is 7.23. The van der Waals surface area contributed by atoms with Gasteiger partial charge in [-0.1, -0.05) is 42.5 Å². The fraction of sp³-hybridized carbons (Fsp3) is 0.565. The molecule has 0 saturated carbocycles. The van der Waals surface area contributed by atoms with Gasteiger partial charge in [-0.15, -0.1) is 0 Å². The zero-order valence-corrected chi connectivity index (χ0v) is 16.7. The van der Waals surface area contributed by atoms with Crippen LogP contribution in [0.5, 0.6) is 0 Å². The molecule has 3 N–H and O–H groups in total. The first-order valence-corrected chi connectivity index (χ1v) is 10.7. The highest BCUT2D eigenvalue weighted by Gasteiger charge is 2.07. The quantitative estimate of drug-likeness (QED) is 0.504. The Bertz CT molecular complexity index is 646. The molecule has 3 rings (SSSR count). The summed E-state index contributed by atoms with van der Waals surface area (Å²) < 4.78 is 0. The van der Waals surface area contributed by atoms with Gasteiger partial charge in [0.05, 0.1) is 0 Å². The van der Waals surface area contributed by atoms with Gasteiger partial charge in [0.25, 0.3) is 0 Å². The zero-order chi connectivity index (χ0) is 18.6. The van der Waals surface area contributed by atoms with Gasteiger partial charge >= 0.3 is 0 Å². The van der Waals surface area contributed by atoms with Gasteiger partial charge in [-0.2, -0.15) is 0 Å². The van der Waals surface area contributed by atoms with Crippen LogP contribution in [0.1, 0.15) is 31.2 Å². The highest BCUT2D eigenvalue weighted by atomic mass is 15.2. The summed E-state index contributed by atoms with van der Waals surface area (Å²) >= 11 is 0. The molecular formula is C23H36N4. The number of hydrogen-bond donors (Lipinski definition) is 3. The van der Waals surface area contributed by atoms with Crippen LogP contribution in [-0.4, -0.2) is 57.3 Å². The first-order valence-electron chi connectivity index (χ1n) is 10.7. The van der Waals surface area contributed by atoms with E-state index in [2.05, 4.69) is 63.3 Å². The summed E-state index contributed by atoms with van der Waals surface area (Å²) in [5.41, 5.74) is 1.40. The predicted octanol–water partition coefficient (Wildman–Crippen LogP) is 2.98. The van der Waals surface area contributed by atoms with Crippen LogP contribution >= 0.6 is 0 Å². The maximum Gasteiger partial charge on any atom is 0.0211 e. The molecular weight excluding hydrogens is 332 g/mol. The molecule has 2 aromatic carbocycles. The van der Waals surface area contributed by atoms with Crippen molar-refractivity contribution in [1.82, 2.24) is 20.9 Å². The SMILES string of the molecule is c1ccc2c(CNCCCCNCCCCN3CCNCC3)cccc2c1. The molecule has 4 nitrogen and oxygen atoms in total. The first kappa shape index (κ1) is 20.3. The van der Waals surface area contributed by atoms with Crippen molar-refractivity contribution in [2.24, 2.45) is 0 Å². The Hall–Kier alpha value is -1.46. The van der Waals surface area contributed by atoms with Crippen LogP contribution in [-0.2, 0) is 6.54 Å². The van der Waals surface area contributed by atoms with Gasteiger partial charge in [0.15, 0.2) is 0 Å². The Morgan fingerprint density at radius 2 is 1.48 bits per heavy atom.